The lowest BCUT2D eigenvalue weighted by Crippen LogP contribution is -2.35. The van der Waals surface area contributed by atoms with E-state index in [9.17, 15) is 8.42 Å². The molecule has 0 spiro atoms. The third-order valence-corrected chi connectivity index (χ3v) is 5.43. The Morgan fingerprint density at radius 1 is 1.45 bits per heavy atom. The minimum Gasteiger partial charge on any atom is -0.381 e. The number of hydrogen-bond donors (Lipinski definition) is 1. The van der Waals surface area contributed by atoms with E-state index in [1.54, 1.807) is 6.92 Å². The number of ether oxygens (including phenoxy) is 1. The maximum Gasteiger partial charge on any atom is 0.214 e. The molecule has 0 saturated carbocycles. The monoisotopic (exact) mass is 297 g/mol. The summed E-state index contributed by atoms with van der Waals surface area (Å²) in [6, 6.07) is 6.15. The molecule has 2 rings (SSSR count). The number of sulfonamides is 1. The molecule has 5 heteroatoms. The van der Waals surface area contributed by atoms with Crippen LogP contribution in [0.2, 0.25) is 0 Å². The topological polar surface area (TPSA) is 55.4 Å². The van der Waals surface area contributed by atoms with Gasteiger partial charge in [-0.05, 0) is 37.3 Å². The number of methoxy groups -OCH3 is 1. The van der Waals surface area contributed by atoms with Gasteiger partial charge in [0.15, 0.2) is 0 Å². The molecule has 1 aliphatic rings. The van der Waals surface area contributed by atoms with Gasteiger partial charge in [-0.15, -0.1) is 0 Å². The first-order valence-corrected chi connectivity index (χ1v) is 8.60. The Morgan fingerprint density at radius 2 is 2.15 bits per heavy atom. The SMILES string of the molecule is CO[C@H](C)CS(=O)(=O)N[C@H]1c2cc(C)ccc2C[C@H]1C. The van der Waals surface area contributed by atoms with Crippen molar-refractivity contribution in [3.63, 3.8) is 0 Å². The highest BCUT2D eigenvalue weighted by Crippen LogP contribution is 2.36. The van der Waals surface area contributed by atoms with Crippen LogP contribution in [0.3, 0.4) is 0 Å². The first-order chi connectivity index (χ1) is 9.32. The van der Waals surface area contributed by atoms with Crippen LogP contribution in [0.1, 0.15) is 36.6 Å². The molecule has 0 bridgehead atoms. The second-order valence-corrected chi connectivity index (χ2v) is 7.61. The highest BCUT2D eigenvalue weighted by molar-refractivity contribution is 7.89. The van der Waals surface area contributed by atoms with Crippen molar-refractivity contribution >= 4 is 10.0 Å². The van der Waals surface area contributed by atoms with Crippen molar-refractivity contribution in [2.45, 2.75) is 39.3 Å². The molecule has 20 heavy (non-hydrogen) atoms. The van der Waals surface area contributed by atoms with Crippen molar-refractivity contribution in [2.24, 2.45) is 5.92 Å². The molecule has 0 radical (unpaired) electrons. The molecule has 4 nitrogen and oxygen atoms in total. The Balaban J connectivity index is 2.20. The average molecular weight is 297 g/mol. The van der Waals surface area contributed by atoms with E-state index in [0.29, 0.717) is 0 Å². The molecule has 0 heterocycles. The summed E-state index contributed by atoms with van der Waals surface area (Å²) in [5, 5.41) is 0. The standard InChI is InChI=1S/C15H23NO3S/c1-10-5-6-13-8-11(2)15(14(13)7-10)16-20(17,18)9-12(3)19-4/h5-7,11-12,15-16H,8-9H2,1-4H3/t11-,12-,15-/m1/s1. The maximum absolute atomic E-state index is 12.2. The summed E-state index contributed by atoms with van der Waals surface area (Å²) in [6.45, 7) is 5.87. The van der Waals surface area contributed by atoms with Gasteiger partial charge in [-0.2, -0.15) is 0 Å². The normalized spacial score (nSPS) is 23.6. The van der Waals surface area contributed by atoms with E-state index in [4.69, 9.17) is 4.74 Å². The maximum atomic E-state index is 12.2. The van der Waals surface area contributed by atoms with Gasteiger partial charge in [0.1, 0.15) is 0 Å². The van der Waals surface area contributed by atoms with Crippen LogP contribution in [0.25, 0.3) is 0 Å². The van der Waals surface area contributed by atoms with E-state index in [2.05, 4.69) is 29.8 Å². The molecule has 3 atom stereocenters. The molecule has 1 N–H and O–H groups in total. The zero-order chi connectivity index (χ0) is 14.9. The van der Waals surface area contributed by atoms with Crippen LogP contribution in [0.4, 0.5) is 0 Å². The lowest BCUT2D eigenvalue weighted by atomic mass is 10.0. The minimum absolute atomic E-state index is 0.00608. The van der Waals surface area contributed by atoms with E-state index in [0.717, 1.165) is 17.5 Å². The molecular formula is C15H23NO3S. The Morgan fingerprint density at radius 3 is 2.80 bits per heavy atom. The fourth-order valence-electron chi connectivity index (χ4n) is 2.76. The van der Waals surface area contributed by atoms with Crippen LogP contribution in [0.15, 0.2) is 18.2 Å². The van der Waals surface area contributed by atoms with Crippen LogP contribution in [-0.4, -0.2) is 27.4 Å². The van der Waals surface area contributed by atoms with Crippen LogP contribution >= 0.6 is 0 Å². The highest BCUT2D eigenvalue weighted by atomic mass is 32.2. The van der Waals surface area contributed by atoms with Crippen molar-refractivity contribution in [1.29, 1.82) is 0 Å². The molecule has 112 valence electrons. The summed E-state index contributed by atoms with van der Waals surface area (Å²) >= 11 is 0. The quantitative estimate of drug-likeness (QED) is 0.906. The van der Waals surface area contributed by atoms with Crippen LogP contribution in [0, 0.1) is 12.8 Å². The zero-order valence-electron chi connectivity index (χ0n) is 12.5. The van der Waals surface area contributed by atoms with Crippen LogP contribution < -0.4 is 4.72 Å². The summed E-state index contributed by atoms with van der Waals surface area (Å²) in [4.78, 5) is 0. The molecule has 0 aromatic heterocycles. The first-order valence-electron chi connectivity index (χ1n) is 6.94. The molecule has 1 aliphatic carbocycles. The van der Waals surface area contributed by atoms with Crippen molar-refractivity contribution in [3.05, 3.63) is 34.9 Å². The van der Waals surface area contributed by atoms with Gasteiger partial charge < -0.3 is 4.74 Å². The molecule has 0 aliphatic heterocycles. The van der Waals surface area contributed by atoms with Gasteiger partial charge >= 0.3 is 0 Å². The summed E-state index contributed by atoms with van der Waals surface area (Å²) in [6.07, 6.45) is 0.615. The third-order valence-electron chi connectivity index (χ3n) is 3.91. The Labute approximate surface area is 121 Å². The van der Waals surface area contributed by atoms with Gasteiger partial charge in [-0.1, -0.05) is 30.7 Å². The fraction of sp³-hybridized carbons (Fsp3) is 0.600. The molecule has 0 unspecified atom stereocenters. The Bertz CT molecular complexity index is 583. The molecule has 0 amide bonds. The van der Waals surface area contributed by atoms with E-state index in [-0.39, 0.29) is 23.8 Å². The second-order valence-electron chi connectivity index (χ2n) is 5.81. The third kappa shape index (κ3) is 3.40. The lowest BCUT2D eigenvalue weighted by Gasteiger charge is -2.20. The number of fused-ring (bicyclic) bond motifs is 1. The van der Waals surface area contributed by atoms with Gasteiger partial charge in [-0.3, -0.25) is 0 Å². The summed E-state index contributed by atoms with van der Waals surface area (Å²) < 4.78 is 32.3. The number of nitrogens with one attached hydrogen (secondary N) is 1. The van der Waals surface area contributed by atoms with Crippen molar-refractivity contribution in [3.8, 4) is 0 Å². The van der Waals surface area contributed by atoms with Crippen molar-refractivity contribution in [1.82, 2.24) is 4.72 Å². The van der Waals surface area contributed by atoms with E-state index >= 15 is 0 Å². The van der Waals surface area contributed by atoms with E-state index in [1.165, 1.54) is 12.7 Å². The van der Waals surface area contributed by atoms with Crippen molar-refractivity contribution < 1.29 is 13.2 Å². The van der Waals surface area contributed by atoms with E-state index in [1.807, 2.05) is 6.92 Å². The van der Waals surface area contributed by atoms with Gasteiger partial charge in [0.05, 0.1) is 11.9 Å². The second kappa shape index (κ2) is 5.84. The minimum atomic E-state index is -3.34. The van der Waals surface area contributed by atoms with Gasteiger partial charge in [0.25, 0.3) is 0 Å². The summed E-state index contributed by atoms with van der Waals surface area (Å²) in [5.74, 6) is 0.271. The highest BCUT2D eigenvalue weighted by Gasteiger charge is 2.32. The predicted molar refractivity (Wildman–Crippen MR) is 80.2 cm³/mol. The van der Waals surface area contributed by atoms with Gasteiger partial charge in [0, 0.05) is 13.2 Å². The fourth-order valence-corrected chi connectivity index (χ4v) is 4.36. The summed E-state index contributed by atoms with van der Waals surface area (Å²) in [7, 11) is -1.81. The summed E-state index contributed by atoms with van der Waals surface area (Å²) in [5.41, 5.74) is 3.52. The predicted octanol–water partition coefficient (Wildman–Crippen LogP) is 2.18. The van der Waals surface area contributed by atoms with Gasteiger partial charge in [-0.25, -0.2) is 13.1 Å². The first kappa shape index (κ1) is 15.5. The molecule has 1 aromatic rings. The molecule has 0 saturated heterocycles. The lowest BCUT2D eigenvalue weighted by molar-refractivity contribution is 0.136. The zero-order valence-corrected chi connectivity index (χ0v) is 13.3. The van der Waals surface area contributed by atoms with Crippen LogP contribution in [-0.2, 0) is 21.2 Å². The Kier molecular flexibility index (Phi) is 4.52. The van der Waals surface area contributed by atoms with E-state index < -0.39 is 10.0 Å². The van der Waals surface area contributed by atoms with Crippen LogP contribution in [0.5, 0.6) is 0 Å². The molecule has 1 aromatic carbocycles. The smallest absolute Gasteiger partial charge is 0.214 e. The number of rotatable bonds is 5. The largest absolute Gasteiger partial charge is 0.381 e. The van der Waals surface area contributed by atoms with Gasteiger partial charge in [0.2, 0.25) is 10.0 Å². The molecular weight excluding hydrogens is 274 g/mol. The number of hydrogen-bond acceptors (Lipinski definition) is 3. The number of aryl methyl sites for hydroxylation is 1. The average Bonchev–Trinajstić information content (AvgIpc) is 2.65. The number of benzene rings is 1. The molecule has 0 fully saturated rings. The Hall–Kier alpha value is -0.910. The van der Waals surface area contributed by atoms with Crippen molar-refractivity contribution in [2.75, 3.05) is 12.9 Å².